The molecule has 0 amide bonds. The number of carbonyl (C=O) groups is 1. The van der Waals surface area contributed by atoms with Gasteiger partial charge in [-0.1, -0.05) is 0 Å². The molecule has 1 rings (SSSR count). The summed E-state index contributed by atoms with van der Waals surface area (Å²) in [5.41, 5.74) is 5.85. The normalized spacial score (nSPS) is 8.83. The van der Waals surface area contributed by atoms with Gasteiger partial charge in [0.2, 0.25) is 0 Å². The van der Waals surface area contributed by atoms with Gasteiger partial charge in [0.1, 0.15) is 0 Å². The molecule has 0 aliphatic heterocycles. The van der Waals surface area contributed by atoms with Crippen molar-refractivity contribution in [2.24, 2.45) is 0 Å². The maximum absolute atomic E-state index is 10.9. The van der Waals surface area contributed by atoms with Gasteiger partial charge >= 0.3 is 0 Å². The van der Waals surface area contributed by atoms with Gasteiger partial charge in [0.05, 0.1) is 7.11 Å². The van der Waals surface area contributed by atoms with Crippen molar-refractivity contribution in [2.75, 3.05) is 12.8 Å². The van der Waals surface area contributed by atoms with Crippen LogP contribution in [0.15, 0.2) is 0 Å². The van der Waals surface area contributed by atoms with Crippen LogP contribution in [0.4, 0.5) is 5.69 Å². The predicted molar refractivity (Wildman–Crippen MR) is 43.6 cm³/mol. The zero-order chi connectivity index (χ0) is 8.43. The monoisotopic (exact) mass is 259 g/mol. The molecular weight excluding hydrogens is 251 g/mol. The predicted octanol–water partition coefficient (Wildman–Crippen LogP) is 1.22. The first-order valence-electron chi connectivity index (χ1n) is 3.01. The van der Waals surface area contributed by atoms with E-state index in [1.807, 2.05) is 6.92 Å². The molecule has 0 atom stereocenters. The SMILES string of the molecule is COC(=O)c1sc(C)[c-]c1N.[Y]. The maximum Gasteiger partial charge on any atom is 0.265 e. The van der Waals surface area contributed by atoms with E-state index in [1.54, 1.807) is 0 Å². The van der Waals surface area contributed by atoms with E-state index < -0.39 is 5.97 Å². The molecule has 5 heteroatoms. The van der Waals surface area contributed by atoms with Gasteiger partial charge < -0.3 is 10.5 Å². The van der Waals surface area contributed by atoms with Crippen LogP contribution in [0.25, 0.3) is 0 Å². The third kappa shape index (κ3) is 2.54. The smallest absolute Gasteiger partial charge is 0.265 e. The number of ether oxygens (including phenoxy) is 1. The first-order valence-corrected chi connectivity index (χ1v) is 3.83. The van der Waals surface area contributed by atoms with Crippen LogP contribution in [0.1, 0.15) is 14.5 Å². The number of hydrogen-bond acceptors (Lipinski definition) is 4. The number of carbonyl (C=O) groups excluding carboxylic acids is 1. The fraction of sp³-hybridized carbons (Fsp3) is 0.286. The zero-order valence-corrected chi connectivity index (χ0v) is 10.5. The van der Waals surface area contributed by atoms with Crippen molar-refractivity contribution in [2.45, 2.75) is 6.92 Å². The molecule has 0 saturated heterocycles. The van der Waals surface area contributed by atoms with E-state index in [-0.39, 0.29) is 32.7 Å². The van der Waals surface area contributed by atoms with Crippen molar-refractivity contribution < 1.29 is 42.2 Å². The second-order valence-corrected chi connectivity index (χ2v) is 3.24. The molecular formula is C7H8NO2SY-. The van der Waals surface area contributed by atoms with Gasteiger partial charge in [0, 0.05) is 32.7 Å². The van der Waals surface area contributed by atoms with E-state index in [2.05, 4.69) is 10.8 Å². The molecule has 0 aromatic carbocycles. The van der Waals surface area contributed by atoms with Crippen molar-refractivity contribution >= 4 is 23.0 Å². The first kappa shape index (κ1) is 12.1. The van der Waals surface area contributed by atoms with E-state index in [0.717, 1.165) is 4.88 Å². The third-order valence-electron chi connectivity index (χ3n) is 1.18. The molecule has 0 fully saturated rings. The fourth-order valence-electron chi connectivity index (χ4n) is 0.724. The quantitative estimate of drug-likeness (QED) is 0.609. The van der Waals surface area contributed by atoms with E-state index in [1.165, 1.54) is 18.4 Å². The van der Waals surface area contributed by atoms with Gasteiger partial charge in [-0.3, -0.25) is 16.1 Å². The summed E-state index contributed by atoms with van der Waals surface area (Å²) in [6, 6.07) is 2.82. The summed E-state index contributed by atoms with van der Waals surface area (Å²) in [4.78, 5) is 12.3. The van der Waals surface area contributed by atoms with Crippen molar-refractivity contribution in [1.29, 1.82) is 0 Å². The number of nitrogens with two attached hydrogens (primary N) is 1. The molecule has 0 aliphatic rings. The fourth-order valence-corrected chi connectivity index (χ4v) is 1.52. The van der Waals surface area contributed by atoms with E-state index in [4.69, 9.17) is 5.73 Å². The molecule has 12 heavy (non-hydrogen) atoms. The molecule has 2 N–H and O–H groups in total. The number of hydrogen-bond donors (Lipinski definition) is 1. The summed E-state index contributed by atoms with van der Waals surface area (Å²) in [7, 11) is 1.33. The molecule has 1 radical (unpaired) electrons. The Labute approximate surface area is 100 Å². The Morgan fingerprint density at radius 2 is 2.25 bits per heavy atom. The molecule has 63 valence electrons. The molecule has 0 aliphatic carbocycles. The van der Waals surface area contributed by atoms with Crippen LogP contribution in [-0.4, -0.2) is 13.1 Å². The van der Waals surface area contributed by atoms with Crippen LogP contribution >= 0.6 is 11.3 Å². The van der Waals surface area contributed by atoms with Crippen LogP contribution in [-0.2, 0) is 37.4 Å². The van der Waals surface area contributed by atoms with Crippen molar-refractivity contribution in [3.8, 4) is 0 Å². The maximum atomic E-state index is 10.9. The van der Waals surface area contributed by atoms with Gasteiger partial charge in [0.15, 0.2) is 0 Å². The number of methoxy groups -OCH3 is 1. The Hall–Kier alpha value is 0.0739. The molecule has 3 nitrogen and oxygen atoms in total. The van der Waals surface area contributed by atoms with Crippen LogP contribution in [0.5, 0.6) is 0 Å². The van der Waals surface area contributed by atoms with E-state index in [0.29, 0.717) is 10.6 Å². The summed E-state index contributed by atoms with van der Waals surface area (Å²) in [5.74, 6) is -0.392. The molecule has 0 bridgehead atoms. The van der Waals surface area contributed by atoms with E-state index in [9.17, 15) is 4.79 Å². The number of aryl methyl sites for hydroxylation is 1. The van der Waals surface area contributed by atoms with Crippen LogP contribution in [0, 0.1) is 13.0 Å². The summed E-state index contributed by atoms with van der Waals surface area (Å²) in [6.07, 6.45) is 0. The summed E-state index contributed by atoms with van der Waals surface area (Å²) >= 11 is 1.29. The number of nitrogen functional groups attached to an aromatic ring is 1. The average Bonchev–Trinajstić information content (AvgIpc) is 2.28. The summed E-state index contributed by atoms with van der Waals surface area (Å²) < 4.78 is 4.50. The van der Waals surface area contributed by atoms with Crippen molar-refractivity contribution in [3.63, 3.8) is 0 Å². The molecule has 0 spiro atoms. The van der Waals surface area contributed by atoms with Gasteiger partial charge in [-0.05, 0) is 11.8 Å². The Bertz CT molecular complexity index is 285. The number of anilines is 1. The molecule has 1 heterocycles. The second kappa shape index (κ2) is 4.95. The minimum Gasteiger partial charge on any atom is -0.478 e. The second-order valence-electron chi connectivity index (χ2n) is 2.02. The first-order chi connectivity index (χ1) is 5.15. The Morgan fingerprint density at radius 1 is 1.67 bits per heavy atom. The summed E-state index contributed by atoms with van der Waals surface area (Å²) in [5, 5.41) is 0. The Balaban J connectivity index is 0.00000121. The van der Waals surface area contributed by atoms with Gasteiger partial charge in [-0.25, -0.2) is 6.07 Å². The molecule has 1 aromatic rings. The number of thiophene rings is 1. The topological polar surface area (TPSA) is 52.3 Å². The zero-order valence-electron chi connectivity index (χ0n) is 6.88. The Kier molecular flexibility index (Phi) is 4.98. The van der Waals surface area contributed by atoms with Crippen molar-refractivity contribution in [3.05, 3.63) is 15.8 Å². The third-order valence-corrected chi connectivity index (χ3v) is 2.18. The largest absolute Gasteiger partial charge is 0.478 e. The van der Waals surface area contributed by atoms with Gasteiger partial charge in [-0.15, -0.1) is 10.6 Å². The van der Waals surface area contributed by atoms with Crippen LogP contribution in [0.2, 0.25) is 0 Å². The molecule has 0 saturated carbocycles. The minimum absolute atomic E-state index is 0. The Morgan fingerprint density at radius 3 is 2.58 bits per heavy atom. The summed E-state index contributed by atoms with van der Waals surface area (Å²) in [6.45, 7) is 1.84. The van der Waals surface area contributed by atoms with E-state index >= 15 is 0 Å². The van der Waals surface area contributed by atoms with Crippen LogP contribution in [0.3, 0.4) is 0 Å². The number of esters is 1. The average molecular weight is 259 g/mol. The van der Waals surface area contributed by atoms with Crippen molar-refractivity contribution in [1.82, 2.24) is 0 Å². The van der Waals surface area contributed by atoms with Gasteiger partial charge in [0.25, 0.3) is 5.97 Å². The minimum atomic E-state index is -0.392. The standard InChI is InChI=1S/C7H8NO2S.Y/c1-4-3-5(8)6(11-4)7(9)10-2;/h8H2,1-2H3;/q-1;. The molecule has 1 aromatic heterocycles. The number of rotatable bonds is 1. The molecule has 0 unspecified atom stereocenters. The van der Waals surface area contributed by atoms with Gasteiger partial charge in [-0.2, -0.15) is 0 Å². The van der Waals surface area contributed by atoms with Crippen LogP contribution < -0.4 is 5.73 Å².